The lowest BCUT2D eigenvalue weighted by Crippen LogP contribution is -2.14. The zero-order chi connectivity index (χ0) is 13.7. The fraction of sp³-hybridized carbons (Fsp3) is 0.308. The van der Waals surface area contributed by atoms with Crippen molar-refractivity contribution in [2.75, 3.05) is 20.3 Å². The van der Waals surface area contributed by atoms with Crippen molar-refractivity contribution in [3.63, 3.8) is 0 Å². The highest BCUT2D eigenvalue weighted by Crippen LogP contribution is 2.32. The molecule has 0 aliphatic heterocycles. The standard InChI is InChI=1S/C13H16N2O4/c1-17-7-4-8-18-11-9-5-2-3-6-10(9)19-12(11)13(14)15-16/h2-3,5-6,16H,4,7-8H2,1H3,(H2,14,15). The Morgan fingerprint density at radius 2 is 2.16 bits per heavy atom. The van der Waals surface area contributed by atoms with Gasteiger partial charge in [0.25, 0.3) is 0 Å². The minimum absolute atomic E-state index is 0.113. The number of hydrogen-bond acceptors (Lipinski definition) is 5. The van der Waals surface area contributed by atoms with Crippen LogP contribution in [0.25, 0.3) is 11.0 Å². The van der Waals surface area contributed by atoms with Crippen LogP contribution in [0.2, 0.25) is 0 Å². The summed E-state index contributed by atoms with van der Waals surface area (Å²) < 4.78 is 16.2. The molecule has 1 heterocycles. The molecule has 6 heteroatoms. The maximum atomic E-state index is 8.77. The van der Waals surface area contributed by atoms with Gasteiger partial charge in [0.1, 0.15) is 5.58 Å². The Morgan fingerprint density at radius 1 is 1.37 bits per heavy atom. The number of benzene rings is 1. The van der Waals surface area contributed by atoms with Crippen LogP contribution >= 0.6 is 0 Å². The number of hydrogen-bond donors (Lipinski definition) is 2. The topological polar surface area (TPSA) is 90.2 Å². The van der Waals surface area contributed by atoms with E-state index in [2.05, 4.69) is 5.16 Å². The number of fused-ring (bicyclic) bond motifs is 1. The number of nitrogens with zero attached hydrogens (tertiary/aromatic N) is 1. The first-order valence-corrected chi connectivity index (χ1v) is 5.89. The third kappa shape index (κ3) is 2.79. The van der Waals surface area contributed by atoms with Gasteiger partial charge in [-0.1, -0.05) is 17.3 Å². The number of furan rings is 1. The van der Waals surface area contributed by atoms with E-state index in [0.717, 1.165) is 11.8 Å². The maximum Gasteiger partial charge on any atom is 0.215 e. The van der Waals surface area contributed by atoms with Crippen molar-refractivity contribution in [1.29, 1.82) is 0 Å². The Bertz CT molecular complexity index is 577. The number of methoxy groups -OCH3 is 1. The largest absolute Gasteiger partial charge is 0.489 e. The van der Waals surface area contributed by atoms with Gasteiger partial charge in [0, 0.05) is 20.1 Å². The monoisotopic (exact) mass is 264 g/mol. The third-order valence-electron chi connectivity index (χ3n) is 2.63. The predicted molar refractivity (Wildman–Crippen MR) is 70.7 cm³/mol. The third-order valence-corrected chi connectivity index (χ3v) is 2.63. The number of amidine groups is 1. The fourth-order valence-electron chi connectivity index (χ4n) is 1.76. The molecule has 102 valence electrons. The van der Waals surface area contributed by atoms with E-state index in [1.807, 2.05) is 18.2 Å². The van der Waals surface area contributed by atoms with Crippen molar-refractivity contribution in [1.82, 2.24) is 0 Å². The molecule has 0 bridgehead atoms. The second-order valence-corrected chi connectivity index (χ2v) is 3.94. The van der Waals surface area contributed by atoms with Crippen molar-refractivity contribution in [2.45, 2.75) is 6.42 Å². The van der Waals surface area contributed by atoms with Crippen LogP contribution in [-0.4, -0.2) is 31.4 Å². The highest BCUT2D eigenvalue weighted by atomic mass is 16.5. The second-order valence-electron chi connectivity index (χ2n) is 3.94. The van der Waals surface area contributed by atoms with Crippen LogP contribution in [0.5, 0.6) is 5.75 Å². The van der Waals surface area contributed by atoms with E-state index in [1.165, 1.54) is 0 Å². The molecule has 0 spiro atoms. The fourth-order valence-corrected chi connectivity index (χ4v) is 1.76. The molecule has 0 amide bonds. The van der Waals surface area contributed by atoms with E-state index in [9.17, 15) is 0 Å². The Morgan fingerprint density at radius 3 is 2.89 bits per heavy atom. The molecule has 0 aliphatic rings. The Labute approximate surface area is 110 Å². The van der Waals surface area contributed by atoms with Gasteiger partial charge in [0.15, 0.2) is 5.75 Å². The summed E-state index contributed by atoms with van der Waals surface area (Å²) in [6.45, 7) is 1.07. The molecule has 6 nitrogen and oxygen atoms in total. The first-order chi connectivity index (χ1) is 9.27. The normalized spacial score (nSPS) is 11.9. The number of nitrogens with two attached hydrogens (primary N) is 1. The number of para-hydroxylation sites is 1. The first kappa shape index (κ1) is 13.2. The summed E-state index contributed by atoms with van der Waals surface area (Å²) in [7, 11) is 1.63. The minimum atomic E-state index is -0.113. The number of rotatable bonds is 6. The molecule has 0 atom stereocenters. The van der Waals surface area contributed by atoms with E-state index < -0.39 is 0 Å². The van der Waals surface area contributed by atoms with E-state index in [0.29, 0.717) is 24.5 Å². The van der Waals surface area contributed by atoms with Crippen molar-refractivity contribution < 1.29 is 19.1 Å². The average Bonchev–Trinajstić information content (AvgIpc) is 2.81. The Kier molecular flexibility index (Phi) is 4.25. The van der Waals surface area contributed by atoms with Crippen molar-refractivity contribution in [3.05, 3.63) is 30.0 Å². The molecule has 0 radical (unpaired) electrons. The molecule has 3 N–H and O–H groups in total. The SMILES string of the molecule is COCCCOc1c(/C(N)=N/O)oc2ccccc12. The molecular weight excluding hydrogens is 248 g/mol. The van der Waals surface area contributed by atoms with Gasteiger partial charge in [0.2, 0.25) is 11.6 Å². The quantitative estimate of drug-likeness (QED) is 0.273. The van der Waals surface area contributed by atoms with Crippen LogP contribution in [0.4, 0.5) is 0 Å². The van der Waals surface area contributed by atoms with Gasteiger partial charge in [-0.15, -0.1) is 0 Å². The molecule has 0 aliphatic carbocycles. The maximum absolute atomic E-state index is 8.77. The van der Waals surface area contributed by atoms with E-state index in [-0.39, 0.29) is 11.6 Å². The number of ether oxygens (including phenoxy) is 2. The van der Waals surface area contributed by atoms with Gasteiger partial charge < -0.3 is 24.8 Å². The first-order valence-electron chi connectivity index (χ1n) is 5.89. The van der Waals surface area contributed by atoms with Crippen LogP contribution in [-0.2, 0) is 4.74 Å². The zero-order valence-corrected chi connectivity index (χ0v) is 10.6. The van der Waals surface area contributed by atoms with Crippen LogP contribution in [0.15, 0.2) is 33.8 Å². The lowest BCUT2D eigenvalue weighted by Gasteiger charge is -2.05. The molecule has 0 saturated carbocycles. The van der Waals surface area contributed by atoms with Gasteiger partial charge in [-0.25, -0.2) is 0 Å². The summed E-state index contributed by atoms with van der Waals surface area (Å²) in [5, 5.41) is 12.5. The average molecular weight is 264 g/mol. The molecule has 0 fully saturated rings. The molecule has 19 heavy (non-hydrogen) atoms. The van der Waals surface area contributed by atoms with E-state index in [4.69, 9.17) is 24.8 Å². The lowest BCUT2D eigenvalue weighted by atomic mass is 10.2. The Balaban J connectivity index is 2.32. The van der Waals surface area contributed by atoms with Crippen molar-refractivity contribution >= 4 is 16.8 Å². The Hall–Kier alpha value is -2.21. The van der Waals surface area contributed by atoms with Gasteiger partial charge in [0.05, 0.1) is 12.0 Å². The van der Waals surface area contributed by atoms with E-state index >= 15 is 0 Å². The van der Waals surface area contributed by atoms with Crippen LogP contribution in [0, 0.1) is 0 Å². The highest BCUT2D eigenvalue weighted by molar-refractivity contribution is 6.03. The van der Waals surface area contributed by atoms with Gasteiger partial charge >= 0.3 is 0 Å². The summed E-state index contributed by atoms with van der Waals surface area (Å²) >= 11 is 0. The molecule has 0 unspecified atom stereocenters. The molecule has 0 saturated heterocycles. The van der Waals surface area contributed by atoms with E-state index in [1.54, 1.807) is 13.2 Å². The lowest BCUT2D eigenvalue weighted by molar-refractivity contribution is 0.172. The molecular formula is C13H16N2O4. The minimum Gasteiger partial charge on any atom is -0.489 e. The van der Waals surface area contributed by atoms with Gasteiger partial charge in [-0.05, 0) is 12.1 Å². The van der Waals surface area contributed by atoms with Crippen LogP contribution < -0.4 is 10.5 Å². The summed E-state index contributed by atoms with van der Waals surface area (Å²) in [5.74, 6) is 0.612. The second kappa shape index (κ2) is 6.10. The highest BCUT2D eigenvalue weighted by Gasteiger charge is 2.18. The molecule has 2 rings (SSSR count). The smallest absolute Gasteiger partial charge is 0.215 e. The van der Waals surface area contributed by atoms with Crippen LogP contribution in [0.3, 0.4) is 0 Å². The summed E-state index contributed by atoms with van der Waals surface area (Å²) in [5.41, 5.74) is 6.22. The van der Waals surface area contributed by atoms with Gasteiger partial charge in [-0.3, -0.25) is 0 Å². The molecule has 1 aromatic carbocycles. The summed E-state index contributed by atoms with van der Waals surface area (Å²) in [6, 6.07) is 7.37. The zero-order valence-electron chi connectivity index (χ0n) is 10.6. The van der Waals surface area contributed by atoms with Crippen molar-refractivity contribution in [3.8, 4) is 5.75 Å². The van der Waals surface area contributed by atoms with Crippen LogP contribution in [0.1, 0.15) is 12.2 Å². The predicted octanol–water partition coefficient (Wildman–Crippen LogP) is 1.94. The molecule has 1 aromatic heterocycles. The van der Waals surface area contributed by atoms with Crippen molar-refractivity contribution in [2.24, 2.45) is 10.9 Å². The molecule has 2 aromatic rings. The summed E-state index contributed by atoms with van der Waals surface area (Å²) in [4.78, 5) is 0. The summed E-state index contributed by atoms with van der Waals surface area (Å²) in [6.07, 6.45) is 0.742. The number of oxime groups is 1. The van der Waals surface area contributed by atoms with Gasteiger partial charge in [-0.2, -0.15) is 0 Å².